The minimum Gasteiger partial charge on any atom is -0.323 e. The van der Waals surface area contributed by atoms with E-state index in [4.69, 9.17) is 5.73 Å². The topological polar surface area (TPSA) is 29.3 Å². The van der Waals surface area contributed by atoms with Crippen LogP contribution >= 0.6 is 0 Å². The van der Waals surface area contributed by atoms with Crippen LogP contribution in [-0.4, -0.2) is 23.5 Å². The van der Waals surface area contributed by atoms with E-state index in [1.54, 1.807) is 0 Å². The van der Waals surface area contributed by atoms with Crippen molar-refractivity contribution in [3.8, 4) is 0 Å². The van der Waals surface area contributed by atoms with Crippen LogP contribution in [0.4, 0.5) is 0 Å². The molecule has 4 unspecified atom stereocenters. The van der Waals surface area contributed by atoms with Crippen molar-refractivity contribution >= 4 is 0 Å². The summed E-state index contributed by atoms with van der Waals surface area (Å²) in [4.78, 5) is 2.68. The lowest BCUT2D eigenvalue weighted by Crippen LogP contribution is -2.52. The lowest BCUT2D eigenvalue weighted by atomic mass is 9.81. The summed E-state index contributed by atoms with van der Waals surface area (Å²) in [6, 6.07) is 10.2. The van der Waals surface area contributed by atoms with Crippen LogP contribution in [0.1, 0.15) is 50.3 Å². The zero-order valence-electron chi connectivity index (χ0n) is 12.2. The molecule has 2 heteroatoms. The van der Waals surface area contributed by atoms with E-state index in [0.717, 1.165) is 5.92 Å². The van der Waals surface area contributed by atoms with Crippen LogP contribution in [0.2, 0.25) is 0 Å². The molecule has 1 aromatic rings. The molecule has 104 valence electrons. The number of fused-ring (bicyclic) bond motifs is 1. The number of aryl methyl sites for hydroxylation is 1. The number of piperidine rings is 1. The normalized spacial score (nSPS) is 35.9. The SMILES string of the molecule is CC1CCN(C2CCc3ccccc3C2N)C(C)C1. The van der Waals surface area contributed by atoms with Gasteiger partial charge in [0.2, 0.25) is 0 Å². The van der Waals surface area contributed by atoms with Gasteiger partial charge in [-0.25, -0.2) is 0 Å². The molecule has 2 N–H and O–H groups in total. The average molecular weight is 258 g/mol. The molecule has 1 saturated heterocycles. The quantitative estimate of drug-likeness (QED) is 0.838. The molecule has 0 amide bonds. The molecule has 0 spiro atoms. The zero-order chi connectivity index (χ0) is 13.4. The first-order chi connectivity index (χ1) is 9.16. The van der Waals surface area contributed by atoms with Crippen molar-refractivity contribution in [2.24, 2.45) is 11.7 Å². The highest BCUT2D eigenvalue weighted by Gasteiger charge is 2.35. The van der Waals surface area contributed by atoms with Crippen LogP contribution in [0.25, 0.3) is 0 Å². The molecule has 1 aliphatic carbocycles. The van der Waals surface area contributed by atoms with Gasteiger partial charge in [-0.15, -0.1) is 0 Å². The first kappa shape index (κ1) is 13.1. The van der Waals surface area contributed by atoms with E-state index in [1.807, 2.05) is 0 Å². The highest BCUT2D eigenvalue weighted by Crippen LogP contribution is 2.35. The van der Waals surface area contributed by atoms with Crippen LogP contribution in [0, 0.1) is 5.92 Å². The van der Waals surface area contributed by atoms with Crippen molar-refractivity contribution in [2.75, 3.05) is 6.54 Å². The molecule has 2 nitrogen and oxygen atoms in total. The summed E-state index contributed by atoms with van der Waals surface area (Å²) in [5, 5.41) is 0. The molecule has 0 saturated carbocycles. The molecule has 1 fully saturated rings. The van der Waals surface area contributed by atoms with Gasteiger partial charge in [-0.3, -0.25) is 4.90 Å². The van der Waals surface area contributed by atoms with Crippen LogP contribution < -0.4 is 5.73 Å². The Bertz CT molecular complexity index is 443. The minimum absolute atomic E-state index is 0.195. The second kappa shape index (κ2) is 5.26. The summed E-state index contributed by atoms with van der Waals surface area (Å²) in [5.41, 5.74) is 9.42. The maximum atomic E-state index is 6.58. The Labute approximate surface area is 117 Å². The van der Waals surface area contributed by atoms with Crippen LogP contribution in [0.15, 0.2) is 24.3 Å². The van der Waals surface area contributed by atoms with Gasteiger partial charge in [0.1, 0.15) is 0 Å². The van der Waals surface area contributed by atoms with Crippen molar-refractivity contribution in [3.63, 3.8) is 0 Å². The number of hydrogen-bond donors (Lipinski definition) is 1. The number of rotatable bonds is 1. The van der Waals surface area contributed by atoms with Gasteiger partial charge in [0.15, 0.2) is 0 Å². The predicted molar refractivity (Wildman–Crippen MR) is 80.0 cm³/mol. The molecule has 1 heterocycles. The van der Waals surface area contributed by atoms with Crippen LogP contribution in [0.5, 0.6) is 0 Å². The zero-order valence-corrected chi connectivity index (χ0v) is 12.2. The molecule has 2 aliphatic rings. The summed E-state index contributed by atoms with van der Waals surface area (Å²) < 4.78 is 0. The van der Waals surface area contributed by atoms with E-state index in [9.17, 15) is 0 Å². The van der Waals surface area contributed by atoms with E-state index in [-0.39, 0.29) is 6.04 Å². The predicted octanol–water partition coefficient (Wildman–Crippen LogP) is 3.12. The lowest BCUT2D eigenvalue weighted by molar-refractivity contribution is 0.0606. The fourth-order valence-corrected chi connectivity index (χ4v) is 4.07. The molecule has 0 aromatic heterocycles. The Morgan fingerprint density at radius 2 is 1.95 bits per heavy atom. The molecule has 1 aliphatic heterocycles. The first-order valence-electron chi connectivity index (χ1n) is 7.76. The molecule has 4 atom stereocenters. The standard InChI is InChI=1S/C17H26N2/c1-12-9-10-19(13(2)11-12)16-8-7-14-5-3-4-6-15(14)17(16)18/h3-6,12-13,16-17H,7-11,18H2,1-2H3. The van der Waals surface area contributed by atoms with Gasteiger partial charge < -0.3 is 5.73 Å². The number of likely N-dealkylation sites (tertiary alicyclic amines) is 1. The third kappa shape index (κ3) is 2.44. The Morgan fingerprint density at radius 1 is 1.16 bits per heavy atom. The largest absolute Gasteiger partial charge is 0.323 e. The summed E-state index contributed by atoms with van der Waals surface area (Å²) in [5.74, 6) is 0.873. The van der Waals surface area contributed by atoms with Gasteiger partial charge >= 0.3 is 0 Å². The fourth-order valence-electron chi connectivity index (χ4n) is 4.07. The number of benzene rings is 1. The van der Waals surface area contributed by atoms with E-state index in [0.29, 0.717) is 12.1 Å². The van der Waals surface area contributed by atoms with Crippen molar-refractivity contribution in [2.45, 2.75) is 57.7 Å². The Balaban J connectivity index is 1.80. The van der Waals surface area contributed by atoms with Gasteiger partial charge in [-0.05, 0) is 56.2 Å². The monoisotopic (exact) mass is 258 g/mol. The second-order valence-electron chi connectivity index (χ2n) is 6.55. The number of nitrogens with zero attached hydrogens (tertiary/aromatic N) is 1. The molecular weight excluding hydrogens is 232 g/mol. The van der Waals surface area contributed by atoms with Crippen molar-refractivity contribution in [3.05, 3.63) is 35.4 Å². The van der Waals surface area contributed by atoms with Crippen molar-refractivity contribution in [1.29, 1.82) is 0 Å². The molecule has 0 radical (unpaired) electrons. The summed E-state index contributed by atoms with van der Waals surface area (Å²) in [6.07, 6.45) is 5.06. The number of hydrogen-bond acceptors (Lipinski definition) is 2. The maximum Gasteiger partial charge on any atom is 0.0456 e. The fraction of sp³-hybridized carbons (Fsp3) is 0.647. The highest BCUT2D eigenvalue weighted by molar-refractivity contribution is 5.33. The molecular formula is C17H26N2. The lowest BCUT2D eigenvalue weighted by Gasteiger charge is -2.46. The highest BCUT2D eigenvalue weighted by atomic mass is 15.2. The third-order valence-electron chi connectivity index (χ3n) is 5.15. The van der Waals surface area contributed by atoms with E-state index in [2.05, 4.69) is 43.0 Å². The summed E-state index contributed by atoms with van der Waals surface area (Å²) >= 11 is 0. The minimum atomic E-state index is 0.195. The van der Waals surface area contributed by atoms with Gasteiger partial charge in [0.05, 0.1) is 0 Å². The molecule has 0 bridgehead atoms. The smallest absolute Gasteiger partial charge is 0.0456 e. The van der Waals surface area contributed by atoms with Crippen LogP contribution in [0.3, 0.4) is 0 Å². The van der Waals surface area contributed by atoms with Crippen molar-refractivity contribution in [1.82, 2.24) is 4.90 Å². The Morgan fingerprint density at radius 3 is 2.74 bits per heavy atom. The summed E-state index contributed by atoms with van der Waals surface area (Å²) in [6.45, 7) is 5.98. The second-order valence-corrected chi connectivity index (χ2v) is 6.55. The van der Waals surface area contributed by atoms with E-state index < -0.39 is 0 Å². The average Bonchev–Trinajstić information content (AvgIpc) is 2.41. The van der Waals surface area contributed by atoms with Gasteiger partial charge in [-0.2, -0.15) is 0 Å². The molecule has 19 heavy (non-hydrogen) atoms. The third-order valence-corrected chi connectivity index (χ3v) is 5.15. The summed E-state index contributed by atoms with van der Waals surface area (Å²) in [7, 11) is 0. The van der Waals surface area contributed by atoms with E-state index >= 15 is 0 Å². The number of nitrogens with two attached hydrogens (primary N) is 1. The molecule has 1 aromatic carbocycles. The van der Waals surface area contributed by atoms with Gasteiger partial charge in [0.25, 0.3) is 0 Å². The van der Waals surface area contributed by atoms with Crippen LogP contribution in [-0.2, 0) is 6.42 Å². The first-order valence-corrected chi connectivity index (χ1v) is 7.76. The Hall–Kier alpha value is -0.860. The maximum absolute atomic E-state index is 6.58. The van der Waals surface area contributed by atoms with Gasteiger partial charge in [0, 0.05) is 18.1 Å². The van der Waals surface area contributed by atoms with E-state index in [1.165, 1.54) is 43.4 Å². The van der Waals surface area contributed by atoms with Gasteiger partial charge in [-0.1, -0.05) is 31.2 Å². The Kier molecular flexibility index (Phi) is 3.64. The molecule has 3 rings (SSSR count). The van der Waals surface area contributed by atoms with Crippen molar-refractivity contribution < 1.29 is 0 Å².